The summed E-state index contributed by atoms with van der Waals surface area (Å²) in [6, 6.07) is 4.52. The molecule has 0 saturated carbocycles. The summed E-state index contributed by atoms with van der Waals surface area (Å²) in [6.45, 7) is 5.73. The Bertz CT molecular complexity index is 464. The van der Waals surface area contributed by atoms with Crippen LogP contribution >= 0.6 is 0 Å². The molecule has 1 aliphatic rings. The van der Waals surface area contributed by atoms with Crippen LogP contribution in [0.5, 0.6) is 0 Å². The fraction of sp³-hybridized carbons (Fsp3) is 0.500. The van der Waals surface area contributed by atoms with E-state index in [0.717, 1.165) is 37.2 Å². The smallest absolute Gasteiger partial charge is 0.314 e. The Morgan fingerprint density at radius 1 is 1.32 bits per heavy atom. The minimum Gasteiger partial charge on any atom is -0.351 e. The van der Waals surface area contributed by atoms with Gasteiger partial charge in [0.15, 0.2) is 0 Å². The summed E-state index contributed by atoms with van der Waals surface area (Å²) < 4.78 is 13.3. The third-order valence-corrected chi connectivity index (χ3v) is 3.61. The lowest BCUT2D eigenvalue weighted by Gasteiger charge is -2.21. The number of amides is 2. The van der Waals surface area contributed by atoms with E-state index in [1.807, 2.05) is 6.92 Å². The Morgan fingerprint density at radius 2 is 2.11 bits per heavy atom. The van der Waals surface area contributed by atoms with Gasteiger partial charge in [-0.05, 0) is 36.6 Å². The molecule has 5 heteroatoms. The number of hydrogen-bond acceptors (Lipinski definition) is 2. The lowest BCUT2D eigenvalue weighted by atomic mass is 10.1. The highest BCUT2D eigenvalue weighted by Crippen LogP contribution is 2.14. The number of carbonyl (C=O) groups excluding carboxylic acids is 1. The van der Waals surface area contributed by atoms with Gasteiger partial charge in [0.1, 0.15) is 5.82 Å². The first-order valence-corrected chi connectivity index (χ1v) is 6.58. The molecular weight excluding hydrogens is 245 g/mol. The van der Waals surface area contributed by atoms with Gasteiger partial charge >= 0.3 is 6.03 Å². The topological polar surface area (TPSA) is 49.6 Å². The quantitative estimate of drug-likeness (QED) is 0.885. The number of carbonyl (C=O) groups is 1. The normalized spacial score (nSPS) is 17.3. The maximum absolute atomic E-state index is 13.3. The van der Waals surface area contributed by atoms with Crippen LogP contribution in [-0.2, 0) is 6.54 Å². The summed E-state index contributed by atoms with van der Waals surface area (Å²) in [5, 5.41) is 0. The number of hydrogen-bond donors (Lipinski definition) is 1. The standard InChI is InChI=1S/C14H20FN3O/c1-11-3-4-13(15)9-12(11)10-17-5-2-6-18(8-7-17)14(16)19/h3-4,9H,2,5-8,10H2,1H3,(H2,16,19). The van der Waals surface area contributed by atoms with Gasteiger partial charge in [-0.2, -0.15) is 0 Å². The van der Waals surface area contributed by atoms with E-state index in [1.165, 1.54) is 6.07 Å². The largest absolute Gasteiger partial charge is 0.351 e. The summed E-state index contributed by atoms with van der Waals surface area (Å²) in [6.07, 6.45) is 0.900. The molecule has 2 amide bonds. The molecule has 0 spiro atoms. The molecule has 1 heterocycles. The second kappa shape index (κ2) is 6.02. The van der Waals surface area contributed by atoms with E-state index in [0.29, 0.717) is 13.1 Å². The lowest BCUT2D eigenvalue weighted by Crippen LogP contribution is -2.38. The van der Waals surface area contributed by atoms with Crippen molar-refractivity contribution in [2.24, 2.45) is 5.73 Å². The van der Waals surface area contributed by atoms with Crippen LogP contribution < -0.4 is 5.73 Å². The second-order valence-corrected chi connectivity index (χ2v) is 5.03. The van der Waals surface area contributed by atoms with Crippen molar-refractivity contribution < 1.29 is 9.18 Å². The molecule has 2 rings (SSSR count). The molecule has 0 radical (unpaired) electrons. The molecule has 0 aromatic heterocycles. The van der Waals surface area contributed by atoms with Crippen molar-refractivity contribution in [3.63, 3.8) is 0 Å². The SMILES string of the molecule is Cc1ccc(F)cc1CN1CCCN(C(N)=O)CC1. The lowest BCUT2D eigenvalue weighted by molar-refractivity contribution is 0.207. The number of primary amides is 1. The van der Waals surface area contributed by atoms with Crippen molar-refractivity contribution >= 4 is 6.03 Å². The highest BCUT2D eigenvalue weighted by molar-refractivity contribution is 5.71. The van der Waals surface area contributed by atoms with Crippen molar-refractivity contribution in [3.05, 3.63) is 35.1 Å². The predicted octanol–water partition coefficient (Wildman–Crippen LogP) is 1.72. The average Bonchev–Trinajstić information content (AvgIpc) is 2.59. The maximum atomic E-state index is 13.3. The van der Waals surface area contributed by atoms with Crippen LogP contribution in [-0.4, -0.2) is 42.0 Å². The molecule has 104 valence electrons. The van der Waals surface area contributed by atoms with E-state index >= 15 is 0 Å². The fourth-order valence-corrected chi connectivity index (χ4v) is 2.40. The summed E-state index contributed by atoms with van der Waals surface area (Å²) >= 11 is 0. The van der Waals surface area contributed by atoms with Crippen LogP contribution in [0.1, 0.15) is 17.5 Å². The molecule has 0 unspecified atom stereocenters. The molecule has 1 aromatic carbocycles. The highest BCUT2D eigenvalue weighted by atomic mass is 19.1. The summed E-state index contributed by atoms with van der Waals surface area (Å²) in [4.78, 5) is 15.1. The van der Waals surface area contributed by atoms with Crippen molar-refractivity contribution in [1.29, 1.82) is 0 Å². The van der Waals surface area contributed by atoms with E-state index in [2.05, 4.69) is 4.90 Å². The molecule has 4 nitrogen and oxygen atoms in total. The molecule has 2 N–H and O–H groups in total. The van der Waals surface area contributed by atoms with Crippen molar-refractivity contribution in [1.82, 2.24) is 9.80 Å². The Hall–Kier alpha value is -1.62. The van der Waals surface area contributed by atoms with Gasteiger partial charge in [0.2, 0.25) is 0 Å². The molecule has 1 aromatic rings. The highest BCUT2D eigenvalue weighted by Gasteiger charge is 2.17. The van der Waals surface area contributed by atoms with Crippen molar-refractivity contribution in [2.45, 2.75) is 19.9 Å². The Labute approximate surface area is 113 Å². The number of benzene rings is 1. The molecule has 1 fully saturated rings. The van der Waals surface area contributed by atoms with E-state index in [-0.39, 0.29) is 11.8 Å². The molecule has 0 atom stereocenters. The van der Waals surface area contributed by atoms with Gasteiger partial charge < -0.3 is 10.6 Å². The number of rotatable bonds is 2. The van der Waals surface area contributed by atoms with Crippen molar-refractivity contribution in [2.75, 3.05) is 26.2 Å². The summed E-state index contributed by atoms with van der Waals surface area (Å²) in [5.41, 5.74) is 7.40. The van der Waals surface area contributed by atoms with Gasteiger partial charge in [-0.3, -0.25) is 4.90 Å². The third kappa shape index (κ3) is 3.67. The van der Waals surface area contributed by atoms with Gasteiger partial charge in [-0.15, -0.1) is 0 Å². The van der Waals surface area contributed by atoms with Crippen LogP contribution in [0.15, 0.2) is 18.2 Å². The van der Waals surface area contributed by atoms with Gasteiger partial charge in [-0.25, -0.2) is 9.18 Å². The van der Waals surface area contributed by atoms with E-state index in [9.17, 15) is 9.18 Å². The maximum Gasteiger partial charge on any atom is 0.314 e. The zero-order chi connectivity index (χ0) is 13.8. The van der Waals surface area contributed by atoms with Gasteiger partial charge in [-0.1, -0.05) is 6.07 Å². The first-order chi connectivity index (χ1) is 9.06. The minimum atomic E-state index is -0.358. The molecule has 0 aliphatic carbocycles. The number of nitrogens with zero attached hydrogens (tertiary/aromatic N) is 2. The van der Waals surface area contributed by atoms with Gasteiger partial charge in [0.25, 0.3) is 0 Å². The zero-order valence-corrected chi connectivity index (χ0v) is 11.2. The van der Waals surface area contributed by atoms with Gasteiger partial charge in [0, 0.05) is 32.7 Å². The monoisotopic (exact) mass is 265 g/mol. The second-order valence-electron chi connectivity index (χ2n) is 5.03. The Balaban J connectivity index is 1.99. The Kier molecular flexibility index (Phi) is 4.37. The number of halogens is 1. The summed E-state index contributed by atoms with van der Waals surface area (Å²) in [5.74, 6) is -0.200. The van der Waals surface area contributed by atoms with E-state index in [4.69, 9.17) is 5.73 Å². The van der Waals surface area contributed by atoms with Crippen LogP contribution in [0, 0.1) is 12.7 Å². The third-order valence-electron chi connectivity index (χ3n) is 3.61. The minimum absolute atomic E-state index is 0.200. The van der Waals surface area contributed by atoms with Crippen LogP contribution in [0.4, 0.5) is 9.18 Å². The van der Waals surface area contributed by atoms with E-state index < -0.39 is 0 Å². The zero-order valence-electron chi connectivity index (χ0n) is 11.2. The van der Waals surface area contributed by atoms with Gasteiger partial charge in [0.05, 0.1) is 0 Å². The predicted molar refractivity (Wildman–Crippen MR) is 72.2 cm³/mol. The molecule has 1 aliphatic heterocycles. The number of aryl methyl sites for hydroxylation is 1. The van der Waals surface area contributed by atoms with Crippen LogP contribution in [0.2, 0.25) is 0 Å². The average molecular weight is 265 g/mol. The first-order valence-electron chi connectivity index (χ1n) is 6.58. The number of urea groups is 1. The fourth-order valence-electron chi connectivity index (χ4n) is 2.40. The first kappa shape index (κ1) is 13.8. The molecule has 0 bridgehead atoms. The molecule has 19 heavy (non-hydrogen) atoms. The van der Waals surface area contributed by atoms with E-state index in [1.54, 1.807) is 17.0 Å². The molecular formula is C14H20FN3O. The Morgan fingerprint density at radius 3 is 2.84 bits per heavy atom. The van der Waals surface area contributed by atoms with Crippen LogP contribution in [0.3, 0.4) is 0 Å². The number of nitrogens with two attached hydrogens (primary N) is 1. The van der Waals surface area contributed by atoms with Crippen molar-refractivity contribution in [3.8, 4) is 0 Å². The van der Waals surface area contributed by atoms with Crippen LogP contribution in [0.25, 0.3) is 0 Å². The molecule has 1 saturated heterocycles. The summed E-state index contributed by atoms with van der Waals surface area (Å²) in [7, 11) is 0.